The van der Waals surface area contributed by atoms with Gasteiger partial charge in [-0.05, 0) is 17.7 Å². The van der Waals surface area contributed by atoms with Gasteiger partial charge in [0.15, 0.2) is 11.1 Å². The summed E-state index contributed by atoms with van der Waals surface area (Å²) in [6.07, 6.45) is 0. The topological polar surface area (TPSA) is 49.8 Å². The Morgan fingerprint density at radius 1 is 1.29 bits per heavy atom. The van der Waals surface area contributed by atoms with E-state index in [4.69, 9.17) is 9.29 Å². The maximum atomic E-state index is 10.8. The van der Waals surface area contributed by atoms with Crippen molar-refractivity contribution in [3.63, 3.8) is 0 Å². The van der Waals surface area contributed by atoms with Crippen LogP contribution in [0.5, 0.6) is 0 Å². The number of benzene rings is 1. The molecule has 1 atom stereocenters. The largest absolute Gasteiger partial charge is 1.00 e. The summed E-state index contributed by atoms with van der Waals surface area (Å²) < 4.78 is 24.9. The molecule has 90 valence electrons. The molecule has 1 aliphatic rings. The molecule has 0 radical (unpaired) electrons. The van der Waals surface area contributed by atoms with Gasteiger partial charge >= 0.3 is 18.9 Å². The number of morpholine rings is 1. The number of hydrogen-bond donors (Lipinski definition) is 1. The Morgan fingerprint density at radius 2 is 1.88 bits per heavy atom. The summed E-state index contributed by atoms with van der Waals surface area (Å²) in [5.74, 6) is 0. The van der Waals surface area contributed by atoms with Gasteiger partial charge in [0.25, 0.3) is 0 Å². The second-order valence-electron chi connectivity index (χ2n) is 3.78. The Balaban J connectivity index is 0.00000144. The first-order valence-corrected chi connectivity index (χ1v) is 6.36. The molecule has 1 N–H and O–H groups in total. The van der Waals surface area contributed by atoms with Crippen LogP contribution in [0, 0.1) is 0 Å². The predicted molar refractivity (Wildman–Crippen MR) is 62.7 cm³/mol. The zero-order valence-electron chi connectivity index (χ0n) is 11.0. The van der Waals surface area contributed by atoms with Gasteiger partial charge < -0.3 is 10.7 Å². The van der Waals surface area contributed by atoms with Gasteiger partial charge in [0.05, 0.1) is 18.1 Å². The van der Waals surface area contributed by atoms with Crippen molar-refractivity contribution in [2.45, 2.75) is 11.4 Å². The average molecular weight is 249 g/mol. The van der Waals surface area contributed by atoms with E-state index in [1.54, 1.807) is 12.1 Å². The van der Waals surface area contributed by atoms with E-state index in [9.17, 15) is 4.21 Å². The molecule has 0 spiro atoms. The van der Waals surface area contributed by atoms with E-state index in [0.717, 1.165) is 38.4 Å². The molecule has 0 saturated carbocycles. The summed E-state index contributed by atoms with van der Waals surface area (Å²) >= 11 is -1.88. The molecule has 0 aromatic heterocycles. The summed E-state index contributed by atoms with van der Waals surface area (Å²) in [4.78, 5) is 2.76. The normalized spacial score (nSPS) is 18.4. The van der Waals surface area contributed by atoms with Crippen LogP contribution in [-0.4, -0.2) is 40.0 Å². The molecule has 6 heteroatoms. The third kappa shape index (κ3) is 4.55. The Bertz CT molecular complexity index is 371. The molecule has 1 unspecified atom stereocenters. The molecular weight excluding hydrogens is 233 g/mol. The van der Waals surface area contributed by atoms with Gasteiger partial charge in [-0.1, -0.05) is 12.1 Å². The standard InChI is InChI=1S/C11H15NO3S.Li.H/c13-16(14)11-3-1-10(2-4-11)9-12-5-7-15-8-6-12;;/h1-4H,5-9H2,(H,13,14);;/q;+1;-1. The van der Waals surface area contributed by atoms with Crippen LogP contribution in [0.25, 0.3) is 0 Å². The maximum Gasteiger partial charge on any atom is 1.00 e. The molecule has 1 aliphatic heterocycles. The van der Waals surface area contributed by atoms with E-state index >= 15 is 0 Å². The quantitative estimate of drug-likeness (QED) is 0.508. The van der Waals surface area contributed by atoms with E-state index < -0.39 is 11.1 Å². The molecule has 4 nitrogen and oxygen atoms in total. The number of hydrogen-bond acceptors (Lipinski definition) is 3. The summed E-state index contributed by atoms with van der Waals surface area (Å²) in [7, 11) is 0. The van der Waals surface area contributed by atoms with Crippen LogP contribution < -0.4 is 18.9 Å². The first kappa shape index (κ1) is 14.9. The molecule has 0 amide bonds. The molecule has 1 saturated heterocycles. The Hall–Kier alpha value is -0.153. The Morgan fingerprint density at radius 3 is 2.41 bits per heavy atom. The third-order valence-corrected chi connectivity index (χ3v) is 3.31. The fraction of sp³-hybridized carbons (Fsp3) is 0.455. The molecule has 2 rings (SSSR count). The van der Waals surface area contributed by atoms with Crippen LogP contribution in [0.2, 0.25) is 0 Å². The first-order chi connectivity index (χ1) is 7.75. The predicted octanol–water partition coefficient (Wildman–Crippen LogP) is -1.78. The summed E-state index contributed by atoms with van der Waals surface area (Å²) in [6, 6.07) is 7.20. The van der Waals surface area contributed by atoms with Crippen LogP contribution in [0.1, 0.15) is 6.99 Å². The zero-order chi connectivity index (χ0) is 11.4. The molecule has 1 aromatic rings. The summed E-state index contributed by atoms with van der Waals surface area (Å²) in [5, 5.41) is 0. The van der Waals surface area contributed by atoms with E-state index in [-0.39, 0.29) is 20.3 Å². The monoisotopic (exact) mass is 249 g/mol. The number of nitrogens with zero attached hydrogens (tertiary/aromatic N) is 1. The van der Waals surface area contributed by atoms with Crippen molar-refractivity contribution >= 4 is 11.1 Å². The van der Waals surface area contributed by atoms with Gasteiger partial charge in [-0.25, -0.2) is 4.21 Å². The zero-order valence-corrected chi connectivity index (χ0v) is 10.8. The summed E-state index contributed by atoms with van der Waals surface area (Å²) in [5.41, 5.74) is 1.16. The molecule has 1 fully saturated rings. The van der Waals surface area contributed by atoms with Crippen LogP contribution in [0.15, 0.2) is 29.2 Å². The number of rotatable bonds is 3. The van der Waals surface area contributed by atoms with E-state index in [0.29, 0.717) is 4.90 Å². The SMILES string of the molecule is O=S(O)c1ccc(CN2CCOCC2)cc1.[H-].[Li+]. The van der Waals surface area contributed by atoms with Crippen LogP contribution in [-0.2, 0) is 22.4 Å². The van der Waals surface area contributed by atoms with E-state index in [1.165, 1.54) is 0 Å². The van der Waals surface area contributed by atoms with Gasteiger partial charge in [-0.2, -0.15) is 0 Å². The van der Waals surface area contributed by atoms with Crippen LogP contribution >= 0.6 is 0 Å². The molecule has 1 heterocycles. The fourth-order valence-electron chi connectivity index (χ4n) is 1.73. The molecule has 0 bridgehead atoms. The van der Waals surface area contributed by atoms with E-state index in [2.05, 4.69) is 4.90 Å². The van der Waals surface area contributed by atoms with Crippen molar-refractivity contribution in [1.29, 1.82) is 0 Å². The van der Waals surface area contributed by atoms with Gasteiger partial charge in [0, 0.05) is 19.6 Å². The minimum atomic E-state index is -1.88. The molecule has 0 aliphatic carbocycles. The Labute approximate surface area is 117 Å². The van der Waals surface area contributed by atoms with Crippen LogP contribution in [0.4, 0.5) is 0 Å². The second-order valence-corrected chi connectivity index (χ2v) is 4.75. The van der Waals surface area contributed by atoms with E-state index in [1.807, 2.05) is 12.1 Å². The van der Waals surface area contributed by atoms with Gasteiger partial charge in [0.1, 0.15) is 0 Å². The van der Waals surface area contributed by atoms with Crippen LogP contribution in [0.3, 0.4) is 0 Å². The summed E-state index contributed by atoms with van der Waals surface area (Å²) in [6.45, 7) is 4.36. The fourth-order valence-corrected chi connectivity index (χ4v) is 2.10. The third-order valence-electron chi connectivity index (χ3n) is 2.63. The van der Waals surface area contributed by atoms with Crippen molar-refractivity contribution in [2.75, 3.05) is 26.3 Å². The van der Waals surface area contributed by atoms with Crippen molar-refractivity contribution in [3.8, 4) is 0 Å². The van der Waals surface area contributed by atoms with Gasteiger partial charge in [-0.3, -0.25) is 4.90 Å². The number of ether oxygens (including phenoxy) is 1. The average Bonchev–Trinajstić information content (AvgIpc) is 2.31. The minimum Gasteiger partial charge on any atom is -1.00 e. The van der Waals surface area contributed by atoms with Gasteiger partial charge in [-0.15, -0.1) is 0 Å². The smallest absolute Gasteiger partial charge is 1.00 e. The Kier molecular flexibility index (Phi) is 6.42. The molecular formula is C11H16LiNO3S. The molecule has 17 heavy (non-hydrogen) atoms. The van der Waals surface area contributed by atoms with Crippen molar-refractivity contribution in [2.24, 2.45) is 0 Å². The van der Waals surface area contributed by atoms with Crippen molar-refractivity contribution in [1.82, 2.24) is 4.90 Å². The van der Waals surface area contributed by atoms with Crippen molar-refractivity contribution < 1.29 is 33.8 Å². The minimum absolute atomic E-state index is 0. The van der Waals surface area contributed by atoms with Crippen molar-refractivity contribution in [3.05, 3.63) is 29.8 Å². The first-order valence-electron chi connectivity index (χ1n) is 5.25. The van der Waals surface area contributed by atoms with Gasteiger partial charge in [0.2, 0.25) is 0 Å². The second kappa shape index (κ2) is 7.32. The molecule has 1 aromatic carbocycles. The maximum absolute atomic E-state index is 10.8.